The van der Waals surface area contributed by atoms with Crippen LogP contribution in [-0.4, -0.2) is 29.6 Å². The third kappa shape index (κ3) is 4.81. The second-order valence-corrected chi connectivity index (χ2v) is 5.82. The molecule has 1 aromatic heterocycles. The van der Waals surface area contributed by atoms with Gasteiger partial charge in [0.15, 0.2) is 5.82 Å². The van der Waals surface area contributed by atoms with Crippen LogP contribution in [0.3, 0.4) is 0 Å². The third-order valence-corrected chi connectivity index (χ3v) is 4.01. The molecule has 2 N–H and O–H groups in total. The van der Waals surface area contributed by atoms with E-state index in [-0.39, 0.29) is 11.9 Å². The zero-order valence-corrected chi connectivity index (χ0v) is 13.0. The number of hydrogen-bond donors (Lipinski definition) is 2. The number of carbonyl (C=O) groups is 1. The van der Waals surface area contributed by atoms with Gasteiger partial charge in [0.25, 0.3) is 0 Å². The van der Waals surface area contributed by atoms with Crippen molar-refractivity contribution in [3.05, 3.63) is 11.7 Å². The number of nitrogens with zero attached hydrogens (tertiary/aromatic N) is 2. The lowest BCUT2D eigenvalue weighted by Crippen LogP contribution is -2.27. The molecule has 0 aliphatic heterocycles. The van der Waals surface area contributed by atoms with Crippen LogP contribution in [0.15, 0.2) is 4.52 Å². The molecule has 0 aromatic carbocycles. The standard InChI is InChI=1S/C15H26N4O2/c1-11(17-13(20)9-6-10-16-2)15-18-14(19-21-15)12-7-4-3-5-8-12/h11-12,16H,3-10H2,1-2H3,(H,17,20). The summed E-state index contributed by atoms with van der Waals surface area (Å²) in [5.41, 5.74) is 0. The molecule has 1 aliphatic rings. The average Bonchev–Trinajstić information content (AvgIpc) is 2.98. The highest BCUT2D eigenvalue weighted by atomic mass is 16.5. The summed E-state index contributed by atoms with van der Waals surface area (Å²) in [7, 11) is 1.88. The molecule has 1 saturated carbocycles. The van der Waals surface area contributed by atoms with Crippen molar-refractivity contribution in [2.45, 2.75) is 63.8 Å². The van der Waals surface area contributed by atoms with Crippen molar-refractivity contribution in [1.82, 2.24) is 20.8 Å². The molecule has 1 heterocycles. The van der Waals surface area contributed by atoms with Gasteiger partial charge in [-0.3, -0.25) is 4.79 Å². The fraction of sp³-hybridized carbons (Fsp3) is 0.800. The van der Waals surface area contributed by atoms with Crippen molar-refractivity contribution in [2.75, 3.05) is 13.6 Å². The quantitative estimate of drug-likeness (QED) is 0.754. The molecule has 0 bridgehead atoms. The van der Waals surface area contributed by atoms with Crippen LogP contribution in [0.2, 0.25) is 0 Å². The molecule has 2 rings (SSSR count). The molecule has 1 aliphatic carbocycles. The van der Waals surface area contributed by atoms with Gasteiger partial charge in [-0.25, -0.2) is 0 Å². The first-order valence-electron chi connectivity index (χ1n) is 7.98. The van der Waals surface area contributed by atoms with Crippen LogP contribution in [0.4, 0.5) is 0 Å². The zero-order chi connectivity index (χ0) is 15.1. The summed E-state index contributed by atoms with van der Waals surface area (Å²) in [6.07, 6.45) is 7.41. The summed E-state index contributed by atoms with van der Waals surface area (Å²) in [6.45, 7) is 2.72. The van der Waals surface area contributed by atoms with E-state index < -0.39 is 0 Å². The first-order chi connectivity index (χ1) is 10.2. The zero-order valence-electron chi connectivity index (χ0n) is 13.0. The molecule has 1 fully saturated rings. The van der Waals surface area contributed by atoms with Crippen LogP contribution in [0.1, 0.15) is 75.5 Å². The Morgan fingerprint density at radius 3 is 2.86 bits per heavy atom. The van der Waals surface area contributed by atoms with Gasteiger partial charge in [-0.2, -0.15) is 4.98 Å². The van der Waals surface area contributed by atoms with Gasteiger partial charge >= 0.3 is 0 Å². The molecule has 21 heavy (non-hydrogen) atoms. The van der Waals surface area contributed by atoms with E-state index in [4.69, 9.17) is 4.52 Å². The lowest BCUT2D eigenvalue weighted by Gasteiger charge is -2.17. The minimum absolute atomic E-state index is 0.0233. The summed E-state index contributed by atoms with van der Waals surface area (Å²) in [6, 6.07) is -0.225. The van der Waals surface area contributed by atoms with Gasteiger partial charge in [-0.15, -0.1) is 0 Å². The van der Waals surface area contributed by atoms with Crippen molar-refractivity contribution in [1.29, 1.82) is 0 Å². The first kappa shape index (κ1) is 15.9. The highest BCUT2D eigenvalue weighted by Crippen LogP contribution is 2.31. The van der Waals surface area contributed by atoms with E-state index in [0.717, 1.165) is 31.6 Å². The lowest BCUT2D eigenvalue weighted by molar-refractivity contribution is -0.122. The van der Waals surface area contributed by atoms with Crippen LogP contribution in [0.5, 0.6) is 0 Å². The Bertz CT molecular complexity index is 441. The van der Waals surface area contributed by atoms with Crippen LogP contribution in [-0.2, 0) is 4.79 Å². The topological polar surface area (TPSA) is 80.0 Å². The molecular weight excluding hydrogens is 268 g/mol. The van der Waals surface area contributed by atoms with Crippen LogP contribution in [0, 0.1) is 0 Å². The van der Waals surface area contributed by atoms with Gasteiger partial charge in [0, 0.05) is 12.3 Å². The third-order valence-electron chi connectivity index (χ3n) is 4.01. The molecule has 6 heteroatoms. The van der Waals surface area contributed by atoms with Gasteiger partial charge in [-0.1, -0.05) is 24.4 Å². The fourth-order valence-electron chi connectivity index (χ4n) is 2.75. The largest absolute Gasteiger partial charge is 0.345 e. The second kappa shape index (κ2) is 8.12. The van der Waals surface area contributed by atoms with Crippen LogP contribution in [0.25, 0.3) is 0 Å². The second-order valence-electron chi connectivity index (χ2n) is 5.82. The molecule has 0 spiro atoms. The summed E-state index contributed by atoms with van der Waals surface area (Å²) in [4.78, 5) is 16.3. The van der Waals surface area contributed by atoms with Crippen molar-refractivity contribution in [3.63, 3.8) is 0 Å². The van der Waals surface area contributed by atoms with Gasteiger partial charge in [0.1, 0.15) is 6.04 Å². The lowest BCUT2D eigenvalue weighted by atomic mass is 9.89. The van der Waals surface area contributed by atoms with Crippen LogP contribution >= 0.6 is 0 Å². The molecule has 1 atom stereocenters. The van der Waals surface area contributed by atoms with Gasteiger partial charge < -0.3 is 15.2 Å². The SMILES string of the molecule is CNCCCC(=O)NC(C)c1nc(C2CCCCC2)no1. The van der Waals surface area contributed by atoms with Gasteiger partial charge in [0.05, 0.1) is 0 Å². The Morgan fingerprint density at radius 2 is 2.14 bits per heavy atom. The molecule has 1 unspecified atom stereocenters. The van der Waals surface area contributed by atoms with E-state index in [0.29, 0.717) is 18.2 Å². The maximum atomic E-state index is 11.8. The molecule has 118 valence electrons. The van der Waals surface area contributed by atoms with Crippen LogP contribution < -0.4 is 10.6 Å². The molecule has 6 nitrogen and oxygen atoms in total. The molecule has 1 amide bonds. The van der Waals surface area contributed by atoms with E-state index >= 15 is 0 Å². The molecule has 1 aromatic rings. The number of nitrogens with one attached hydrogen (secondary N) is 2. The minimum Gasteiger partial charge on any atom is -0.345 e. The Labute approximate surface area is 126 Å². The van der Waals surface area contributed by atoms with Crippen molar-refractivity contribution >= 4 is 5.91 Å². The average molecular weight is 294 g/mol. The number of amides is 1. The van der Waals surface area contributed by atoms with E-state index in [2.05, 4.69) is 20.8 Å². The number of rotatable bonds is 7. The molecule has 0 saturated heterocycles. The predicted molar refractivity (Wildman–Crippen MR) is 79.8 cm³/mol. The number of carbonyl (C=O) groups excluding carboxylic acids is 1. The fourth-order valence-corrected chi connectivity index (χ4v) is 2.75. The Morgan fingerprint density at radius 1 is 1.38 bits per heavy atom. The van der Waals surface area contributed by atoms with Gasteiger partial charge in [-0.05, 0) is 39.8 Å². The van der Waals surface area contributed by atoms with Crippen molar-refractivity contribution in [3.8, 4) is 0 Å². The van der Waals surface area contributed by atoms with E-state index in [1.54, 1.807) is 0 Å². The number of hydrogen-bond acceptors (Lipinski definition) is 5. The summed E-state index contributed by atoms with van der Waals surface area (Å²) in [5.74, 6) is 1.77. The molecule has 0 radical (unpaired) electrons. The van der Waals surface area contributed by atoms with Gasteiger partial charge in [0.2, 0.25) is 11.8 Å². The van der Waals surface area contributed by atoms with E-state index in [1.165, 1.54) is 19.3 Å². The van der Waals surface area contributed by atoms with E-state index in [9.17, 15) is 4.79 Å². The maximum absolute atomic E-state index is 11.8. The highest BCUT2D eigenvalue weighted by molar-refractivity contribution is 5.76. The maximum Gasteiger partial charge on any atom is 0.248 e. The Hall–Kier alpha value is -1.43. The first-order valence-corrected chi connectivity index (χ1v) is 7.98. The summed E-state index contributed by atoms with van der Waals surface area (Å²) >= 11 is 0. The minimum atomic E-state index is -0.225. The Kier molecular flexibility index (Phi) is 6.17. The smallest absolute Gasteiger partial charge is 0.248 e. The monoisotopic (exact) mass is 294 g/mol. The van der Waals surface area contributed by atoms with Crippen molar-refractivity contribution < 1.29 is 9.32 Å². The Balaban J connectivity index is 1.83. The van der Waals surface area contributed by atoms with E-state index in [1.807, 2.05) is 14.0 Å². The highest BCUT2D eigenvalue weighted by Gasteiger charge is 2.23. The molecular formula is C15H26N4O2. The predicted octanol–water partition coefficient (Wildman–Crippen LogP) is 2.29. The summed E-state index contributed by atoms with van der Waals surface area (Å²) < 4.78 is 5.32. The number of aromatic nitrogens is 2. The normalized spacial score (nSPS) is 17.6. The van der Waals surface area contributed by atoms with Crippen molar-refractivity contribution in [2.24, 2.45) is 0 Å². The summed E-state index contributed by atoms with van der Waals surface area (Å²) in [5, 5.41) is 10.0.